The molecule has 0 bridgehead atoms. The Kier molecular flexibility index (Phi) is 8.51. The number of amides is 1. The molecule has 3 saturated carbocycles. The highest BCUT2D eigenvalue weighted by Gasteiger charge is 2.50. The normalized spacial score (nSPS) is 36.9. The molecule has 39 heavy (non-hydrogen) atoms. The van der Waals surface area contributed by atoms with Crippen molar-refractivity contribution in [1.29, 1.82) is 5.41 Å². The fraction of sp³-hybridized carbons (Fsp3) is 0.862. The van der Waals surface area contributed by atoms with E-state index in [0.717, 1.165) is 31.4 Å². The third kappa shape index (κ3) is 6.57. The standard InChI is InChI=1S/C29H44F4N4O2/c1-16-10-20(7-8-24(16)30)25(19-5-6-19)36-27(38)22-12-18(14-37-17(2)15-39-28(37)34)11-21(13-22)23-4-3-9-35-26(23)29(31,32)33/h15-16,18-26,34-35H,3-14H2,1-2H3,(H,36,38)/t16?,18?,20?,21?,22?,23?,24?,25-,26?/m0/s1. The third-order valence-corrected chi connectivity index (χ3v) is 10.2. The van der Waals surface area contributed by atoms with Crippen LogP contribution in [0.3, 0.4) is 0 Å². The van der Waals surface area contributed by atoms with Crippen LogP contribution in [0.4, 0.5) is 17.6 Å². The Balaban J connectivity index is 1.35. The van der Waals surface area contributed by atoms with Gasteiger partial charge in [0.25, 0.3) is 5.68 Å². The zero-order valence-corrected chi connectivity index (χ0v) is 23.1. The molecule has 4 fully saturated rings. The van der Waals surface area contributed by atoms with Crippen LogP contribution in [0.15, 0.2) is 10.7 Å². The van der Waals surface area contributed by atoms with E-state index in [1.54, 1.807) is 4.57 Å². The van der Waals surface area contributed by atoms with Crippen LogP contribution in [-0.2, 0) is 11.3 Å². The van der Waals surface area contributed by atoms with Crippen LogP contribution in [0.1, 0.15) is 76.8 Å². The number of aryl methyl sites for hydroxylation is 1. The number of oxazole rings is 1. The van der Waals surface area contributed by atoms with Crippen molar-refractivity contribution in [1.82, 2.24) is 15.2 Å². The van der Waals surface area contributed by atoms with Gasteiger partial charge in [0, 0.05) is 18.5 Å². The van der Waals surface area contributed by atoms with Gasteiger partial charge in [-0.3, -0.25) is 14.8 Å². The van der Waals surface area contributed by atoms with Crippen molar-refractivity contribution in [2.45, 2.75) is 109 Å². The van der Waals surface area contributed by atoms with Crippen LogP contribution in [0, 0.1) is 53.8 Å². The first-order valence-electron chi connectivity index (χ1n) is 14.9. The maximum Gasteiger partial charge on any atom is 0.404 e. The van der Waals surface area contributed by atoms with Gasteiger partial charge < -0.3 is 15.1 Å². The molecular weight excluding hydrogens is 512 g/mol. The molecule has 6 nitrogen and oxygen atoms in total. The first-order valence-corrected chi connectivity index (χ1v) is 14.9. The van der Waals surface area contributed by atoms with Gasteiger partial charge >= 0.3 is 6.18 Å². The molecule has 0 spiro atoms. The molecular formula is C29H44F4N4O2. The monoisotopic (exact) mass is 556 g/mol. The minimum Gasteiger partial charge on any atom is -0.432 e. The summed E-state index contributed by atoms with van der Waals surface area (Å²) in [5, 5.41) is 14.2. The summed E-state index contributed by atoms with van der Waals surface area (Å²) in [6.07, 6.45) is 3.43. The lowest BCUT2D eigenvalue weighted by Crippen LogP contribution is -2.54. The molecule has 1 aromatic rings. The van der Waals surface area contributed by atoms with Gasteiger partial charge in [-0.1, -0.05) is 6.92 Å². The average molecular weight is 557 g/mol. The number of hydrogen-bond donors (Lipinski definition) is 3. The van der Waals surface area contributed by atoms with Gasteiger partial charge in [-0.15, -0.1) is 0 Å². The summed E-state index contributed by atoms with van der Waals surface area (Å²) in [6, 6.07) is -1.53. The second kappa shape index (κ2) is 11.6. The molecule has 10 heteroatoms. The Labute approximate surface area is 228 Å². The van der Waals surface area contributed by atoms with Crippen LogP contribution in [0.25, 0.3) is 0 Å². The summed E-state index contributed by atoms with van der Waals surface area (Å²) >= 11 is 0. The van der Waals surface area contributed by atoms with E-state index >= 15 is 0 Å². The van der Waals surface area contributed by atoms with Crippen molar-refractivity contribution < 1.29 is 26.8 Å². The molecule has 1 aliphatic heterocycles. The molecule has 1 amide bonds. The maximum atomic E-state index is 14.2. The number of halogens is 4. The van der Waals surface area contributed by atoms with Gasteiger partial charge in [-0.05, 0) is 113 Å². The summed E-state index contributed by atoms with van der Waals surface area (Å²) in [7, 11) is 0. The fourth-order valence-corrected chi connectivity index (χ4v) is 7.98. The van der Waals surface area contributed by atoms with Crippen molar-refractivity contribution in [3.05, 3.63) is 17.6 Å². The van der Waals surface area contributed by atoms with E-state index in [9.17, 15) is 22.4 Å². The second-order valence-electron chi connectivity index (χ2n) is 13.0. The molecule has 220 valence electrons. The molecule has 3 aliphatic carbocycles. The summed E-state index contributed by atoms with van der Waals surface area (Å²) in [5.41, 5.74) is 0.816. The van der Waals surface area contributed by atoms with Crippen molar-refractivity contribution in [3.63, 3.8) is 0 Å². The number of nitrogens with one attached hydrogen (secondary N) is 3. The third-order valence-electron chi connectivity index (χ3n) is 10.2. The van der Waals surface area contributed by atoms with Gasteiger partial charge in [0.15, 0.2) is 0 Å². The lowest BCUT2D eigenvalue weighted by molar-refractivity contribution is -0.179. The lowest BCUT2D eigenvalue weighted by atomic mass is 9.66. The van der Waals surface area contributed by atoms with E-state index in [0.29, 0.717) is 57.5 Å². The Bertz CT molecular complexity index is 1050. The minimum absolute atomic E-state index is 0.0160. The number of carbonyl (C=O) groups is 1. The van der Waals surface area contributed by atoms with E-state index in [-0.39, 0.29) is 47.2 Å². The van der Waals surface area contributed by atoms with E-state index in [4.69, 9.17) is 9.83 Å². The highest BCUT2D eigenvalue weighted by molar-refractivity contribution is 5.79. The Morgan fingerprint density at radius 1 is 1.15 bits per heavy atom. The van der Waals surface area contributed by atoms with Crippen molar-refractivity contribution in [2.24, 2.45) is 41.4 Å². The van der Waals surface area contributed by atoms with E-state index in [1.807, 2.05) is 13.8 Å². The van der Waals surface area contributed by atoms with Gasteiger partial charge in [-0.2, -0.15) is 13.2 Å². The molecule has 1 saturated heterocycles. The number of nitrogens with zero attached hydrogens (tertiary/aromatic N) is 1. The van der Waals surface area contributed by atoms with Gasteiger partial charge in [0.2, 0.25) is 5.91 Å². The number of piperidine rings is 1. The summed E-state index contributed by atoms with van der Waals surface area (Å²) in [6.45, 7) is 4.62. The molecule has 1 aromatic heterocycles. The fourth-order valence-electron chi connectivity index (χ4n) is 7.98. The highest BCUT2D eigenvalue weighted by Crippen LogP contribution is 2.46. The highest BCUT2D eigenvalue weighted by atomic mass is 19.4. The quantitative estimate of drug-likeness (QED) is 0.388. The average Bonchev–Trinajstić information content (AvgIpc) is 3.70. The van der Waals surface area contributed by atoms with Crippen molar-refractivity contribution in [2.75, 3.05) is 6.54 Å². The molecule has 0 aromatic carbocycles. The molecule has 4 aliphatic rings. The van der Waals surface area contributed by atoms with Crippen molar-refractivity contribution >= 4 is 5.91 Å². The first kappa shape index (κ1) is 28.7. The first-order chi connectivity index (χ1) is 18.5. The SMILES string of the molecule is Cc1coc(=N)n1CC1CC(C(=O)N[C@@H](C2CC2)C2CCC(F)C(C)C2)CC(C2CCCNC2C(F)(F)F)C1. The zero-order chi connectivity index (χ0) is 27.9. The van der Waals surface area contributed by atoms with E-state index < -0.39 is 24.3 Å². The smallest absolute Gasteiger partial charge is 0.404 e. The molecule has 8 unspecified atom stereocenters. The van der Waals surface area contributed by atoms with Gasteiger partial charge in [-0.25, -0.2) is 4.39 Å². The van der Waals surface area contributed by atoms with Gasteiger partial charge in [0.1, 0.15) is 18.5 Å². The van der Waals surface area contributed by atoms with Crippen LogP contribution in [0.2, 0.25) is 0 Å². The van der Waals surface area contributed by atoms with Crippen molar-refractivity contribution in [3.8, 4) is 0 Å². The summed E-state index contributed by atoms with van der Waals surface area (Å²) in [4.78, 5) is 13.8. The van der Waals surface area contributed by atoms with Crippen LogP contribution < -0.4 is 16.3 Å². The Morgan fingerprint density at radius 3 is 2.54 bits per heavy atom. The number of carbonyl (C=O) groups excluding carboxylic acids is 1. The number of aromatic nitrogens is 1. The summed E-state index contributed by atoms with van der Waals surface area (Å²) in [5.74, 6) is -0.591. The second-order valence-corrected chi connectivity index (χ2v) is 13.0. The molecule has 5 rings (SSSR count). The zero-order valence-electron chi connectivity index (χ0n) is 23.1. The predicted molar refractivity (Wildman–Crippen MR) is 138 cm³/mol. The largest absolute Gasteiger partial charge is 0.432 e. The van der Waals surface area contributed by atoms with E-state index in [1.165, 1.54) is 6.26 Å². The van der Waals surface area contributed by atoms with Crippen LogP contribution in [-0.4, -0.2) is 41.5 Å². The van der Waals surface area contributed by atoms with Crippen LogP contribution in [0.5, 0.6) is 0 Å². The van der Waals surface area contributed by atoms with E-state index in [2.05, 4.69) is 10.6 Å². The Hall–Kier alpha value is -1.84. The number of alkyl halides is 4. The number of hydrogen-bond acceptors (Lipinski definition) is 4. The minimum atomic E-state index is -4.33. The van der Waals surface area contributed by atoms with Gasteiger partial charge in [0.05, 0.1) is 5.69 Å². The maximum absolute atomic E-state index is 14.2. The lowest BCUT2D eigenvalue weighted by Gasteiger charge is -2.44. The summed E-state index contributed by atoms with van der Waals surface area (Å²) < 4.78 is 63.3. The predicted octanol–water partition coefficient (Wildman–Crippen LogP) is 5.50. The Morgan fingerprint density at radius 2 is 1.90 bits per heavy atom. The molecule has 3 N–H and O–H groups in total. The topological polar surface area (TPSA) is 83.0 Å². The number of rotatable bonds is 7. The molecule has 2 heterocycles. The van der Waals surface area contributed by atoms with Crippen LogP contribution >= 0.6 is 0 Å². The molecule has 9 atom stereocenters. The molecule has 0 radical (unpaired) electrons.